The van der Waals surface area contributed by atoms with Crippen LogP contribution in [0.3, 0.4) is 0 Å². The van der Waals surface area contributed by atoms with Gasteiger partial charge in [0.05, 0.1) is 32.8 Å². The summed E-state index contributed by atoms with van der Waals surface area (Å²) in [6.45, 7) is 8.70. The summed E-state index contributed by atoms with van der Waals surface area (Å²) in [4.78, 5) is 11.2. The number of fused-ring (bicyclic) bond motifs is 2. The van der Waals surface area contributed by atoms with Crippen molar-refractivity contribution in [2.75, 3.05) is 26.4 Å². The topological polar surface area (TPSA) is 74.2 Å². The van der Waals surface area contributed by atoms with Crippen molar-refractivity contribution in [1.82, 2.24) is 0 Å². The normalized spacial score (nSPS) is 20.5. The fraction of sp³-hybridized carbons (Fsp3) is 0.406. The molecule has 2 heterocycles. The van der Waals surface area contributed by atoms with Gasteiger partial charge in [0.15, 0.2) is 0 Å². The second kappa shape index (κ2) is 9.87. The van der Waals surface area contributed by atoms with Crippen molar-refractivity contribution >= 4 is 5.97 Å². The summed E-state index contributed by atoms with van der Waals surface area (Å²) in [6, 6.07) is 13.0. The minimum Gasteiger partial charge on any atom is -0.493 e. The van der Waals surface area contributed by atoms with E-state index in [9.17, 15) is 4.79 Å². The lowest BCUT2D eigenvalue weighted by Crippen LogP contribution is -2.44. The molecule has 0 bridgehead atoms. The van der Waals surface area contributed by atoms with Crippen molar-refractivity contribution in [3.05, 3.63) is 76.1 Å². The van der Waals surface area contributed by atoms with Gasteiger partial charge in [-0.2, -0.15) is 0 Å². The number of carboxylic acid groups (broad SMARTS) is 1. The van der Waals surface area contributed by atoms with E-state index in [2.05, 4.69) is 32.9 Å². The Labute approximate surface area is 227 Å². The first-order valence-electron chi connectivity index (χ1n) is 13.5. The first-order chi connectivity index (χ1) is 18.7. The van der Waals surface area contributed by atoms with Crippen LogP contribution in [0, 0.1) is 25.1 Å². The van der Waals surface area contributed by atoms with Crippen LogP contribution < -0.4 is 14.2 Å². The monoisotopic (exact) mass is 532 g/mol. The summed E-state index contributed by atoms with van der Waals surface area (Å²) < 4.78 is 38.8. The Morgan fingerprint density at radius 2 is 1.87 bits per heavy atom. The predicted molar refractivity (Wildman–Crippen MR) is 144 cm³/mol. The molecule has 1 N–H and O–H groups in total. The number of carboxylic acids is 1. The maximum Gasteiger partial charge on any atom is 0.304 e. The average molecular weight is 533 g/mol. The van der Waals surface area contributed by atoms with Crippen LogP contribution in [0.25, 0.3) is 11.1 Å². The van der Waals surface area contributed by atoms with Crippen LogP contribution in [0.4, 0.5) is 4.39 Å². The maximum absolute atomic E-state index is 15.3. The van der Waals surface area contributed by atoms with Gasteiger partial charge in [0.2, 0.25) is 0 Å². The minimum atomic E-state index is -0.851. The first kappa shape index (κ1) is 25.7. The first-order valence-corrected chi connectivity index (χ1v) is 13.5. The van der Waals surface area contributed by atoms with Crippen molar-refractivity contribution in [3.63, 3.8) is 0 Å². The molecular weight excluding hydrogens is 499 g/mol. The summed E-state index contributed by atoms with van der Waals surface area (Å²) in [7, 11) is 0. The van der Waals surface area contributed by atoms with E-state index < -0.39 is 12.1 Å². The van der Waals surface area contributed by atoms with E-state index >= 15 is 4.39 Å². The standard InChI is InChI=1S/C32H33FO6/c1-18-10-22(38-17-32(3)15-36-16-32)11-19(2)30(18)24-6-8-26(33)31-25(24)7-9-27(31)39-21-4-5-23-20(12-29(34)35)14-37-28(23)13-21/h4-6,8,10-11,13,20,27H,7,9,12,14-17H2,1-3H3,(H,34,35). The van der Waals surface area contributed by atoms with E-state index in [-0.39, 0.29) is 23.6 Å². The summed E-state index contributed by atoms with van der Waals surface area (Å²) in [5.74, 6) is 0.784. The van der Waals surface area contributed by atoms with Crippen LogP contribution in [0.1, 0.15) is 59.6 Å². The molecule has 0 radical (unpaired) electrons. The maximum atomic E-state index is 15.3. The number of hydrogen-bond acceptors (Lipinski definition) is 5. The average Bonchev–Trinajstić information content (AvgIpc) is 3.47. The SMILES string of the molecule is Cc1cc(OCC2(C)COC2)cc(C)c1-c1ccc(F)c2c1CCC2Oc1ccc2c(c1)OCC2CC(=O)O. The van der Waals surface area contributed by atoms with Crippen LogP contribution in [0.5, 0.6) is 17.2 Å². The number of benzene rings is 3. The number of ether oxygens (including phenoxy) is 4. The van der Waals surface area contributed by atoms with Gasteiger partial charge in [-0.05, 0) is 78.8 Å². The zero-order chi connectivity index (χ0) is 27.3. The van der Waals surface area contributed by atoms with Gasteiger partial charge in [0.25, 0.3) is 0 Å². The lowest BCUT2D eigenvalue weighted by molar-refractivity contribution is -0.137. The molecule has 39 heavy (non-hydrogen) atoms. The molecule has 7 heteroatoms. The van der Waals surface area contributed by atoms with Gasteiger partial charge in [-0.25, -0.2) is 4.39 Å². The highest BCUT2D eigenvalue weighted by atomic mass is 19.1. The summed E-state index contributed by atoms with van der Waals surface area (Å²) in [5.41, 5.74) is 6.85. The van der Waals surface area contributed by atoms with Gasteiger partial charge in [-0.1, -0.05) is 19.1 Å². The Kier molecular flexibility index (Phi) is 6.50. The van der Waals surface area contributed by atoms with Gasteiger partial charge in [-0.15, -0.1) is 0 Å². The Morgan fingerprint density at radius 1 is 1.10 bits per heavy atom. The highest BCUT2D eigenvalue weighted by Gasteiger charge is 2.35. The van der Waals surface area contributed by atoms with Gasteiger partial charge >= 0.3 is 5.97 Å². The zero-order valence-electron chi connectivity index (χ0n) is 22.5. The molecular formula is C32H33FO6. The molecule has 0 aromatic heterocycles. The van der Waals surface area contributed by atoms with E-state index in [4.69, 9.17) is 24.1 Å². The van der Waals surface area contributed by atoms with Crippen molar-refractivity contribution in [2.45, 2.75) is 52.1 Å². The van der Waals surface area contributed by atoms with Gasteiger partial charge in [-0.3, -0.25) is 4.79 Å². The molecule has 1 saturated heterocycles. The molecule has 0 amide bonds. The van der Waals surface area contributed by atoms with Crippen molar-refractivity contribution < 1.29 is 33.2 Å². The third-order valence-electron chi connectivity index (χ3n) is 8.11. The van der Waals surface area contributed by atoms with E-state index in [0.717, 1.165) is 52.3 Å². The fourth-order valence-electron chi connectivity index (χ4n) is 6.12. The molecule has 0 saturated carbocycles. The van der Waals surface area contributed by atoms with Crippen LogP contribution >= 0.6 is 0 Å². The van der Waals surface area contributed by atoms with Gasteiger partial charge in [0.1, 0.15) is 29.2 Å². The van der Waals surface area contributed by atoms with E-state index in [0.29, 0.717) is 43.1 Å². The smallest absolute Gasteiger partial charge is 0.304 e. The van der Waals surface area contributed by atoms with Crippen LogP contribution in [0.15, 0.2) is 42.5 Å². The zero-order valence-corrected chi connectivity index (χ0v) is 22.5. The molecule has 3 aromatic rings. The highest BCUT2D eigenvalue weighted by Crippen LogP contribution is 2.45. The van der Waals surface area contributed by atoms with Crippen molar-refractivity contribution in [2.24, 2.45) is 5.41 Å². The van der Waals surface area contributed by atoms with Gasteiger partial charge < -0.3 is 24.1 Å². The molecule has 2 aliphatic heterocycles. The number of aliphatic carboxylic acids is 1. The largest absolute Gasteiger partial charge is 0.493 e. The molecule has 6 rings (SSSR count). The Hall–Kier alpha value is -3.58. The molecule has 1 fully saturated rings. The highest BCUT2D eigenvalue weighted by molar-refractivity contribution is 5.76. The van der Waals surface area contributed by atoms with Crippen LogP contribution in [-0.2, 0) is 16.0 Å². The summed E-state index contributed by atoms with van der Waals surface area (Å²) in [5, 5.41) is 9.15. The minimum absolute atomic E-state index is 0.0253. The third-order valence-corrected chi connectivity index (χ3v) is 8.11. The lowest BCUT2D eigenvalue weighted by atomic mass is 9.89. The number of hydrogen-bond donors (Lipinski definition) is 1. The lowest BCUT2D eigenvalue weighted by Gasteiger charge is -2.37. The van der Waals surface area contributed by atoms with Crippen molar-refractivity contribution in [3.8, 4) is 28.4 Å². The summed E-state index contributed by atoms with van der Waals surface area (Å²) >= 11 is 0. The number of aryl methyl sites for hydroxylation is 2. The van der Waals surface area contributed by atoms with Crippen LogP contribution in [0.2, 0.25) is 0 Å². The molecule has 1 aliphatic carbocycles. The molecule has 204 valence electrons. The molecule has 2 unspecified atom stereocenters. The number of halogens is 1. The predicted octanol–water partition coefficient (Wildman–Crippen LogP) is 6.54. The molecule has 2 atom stereocenters. The Morgan fingerprint density at radius 3 is 2.56 bits per heavy atom. The number of rotatable bonds is 8. The molecule has 3 aliphatic rings. The molecule has 0 spiro atoms. The van der Waals surface area contributed by atoms with Crippen LogP contribution in [-0.4, -0.2) is 37.5 Å². The Bertz CT molecular complexity index is 1420. The van der Waals surface area contributed by atoms with Gasteiger partial charge in [0, 0.05) is 28.5 Å². The van der Waals surface area contributed by atoms with E-state index in [1.54, 1.807) is 12.1 Å². The number of carbonyl (C=O) groups is 1. The molecule has 6 nitrogen and oxygen atoms in total. The summed E-state index contributed by atoms with van der Waals surface area (Å²) in [6.07, 6.45) is 0.994. The molecule has 3 aromatic carbocycles. The fourth-order valence-corrected chi connectivity index (χ4v) is 6.12. The third kappa shape index (κ3) is 4.84. The second-order valence-electron chi connectivity index (χ2n) is 11.5. The second-order valence-corrected chi connectivity index (χ2v) is 11.5. The quantitative estimate of drug-likeness (QED) is 0.355. The van der Waals surface area contributed by atoms with Crippen molar-refractivity contribution in [1.29, 1.82) is 0 Å². The van der Waals surface area contributed by atoms with E-state index in [1.165, 1.54) is 0 Å². The van der Waals surface area contributed by atoms with E-state index in [1.807, 2.05) is 18.2 Å². The Balaban J connectivity index is 1.25.